The van der Waals surface area contributed by atoms with E-state index < -0.39 is 0 Å². The molecule has 1 unspecified atom stereocenters. The van der Waals surface area contributed by atoms with E-state index in [1.807, 2.05) is 12.1 Å². The zero-order chi connectivity index (χ0) is 15.8. The van der Waals surface area contributed by atoms with Gasteiger partial charge in [-0.2, -0.15) is 0 Å². The summed E-state index contributed by atoms with van der Waals surface area (Å²) in [5.74, 6) is 1.29. The molecule has 2 aromatic carbocycles. The lowest BCUT2D eigenvalue weighted by molar-refractivity contribution is 0.445. The van der Waals surface area contributed by atoms with Crippen LogP contribution in [0.4, 0.5) is 0 Å². The van der Waals surface area contributed by atoms with Crippen LogP contribution in [0.2, 0.25) is 5.02 Å². The van der Waals surface area contributed by atoms with Crippen LogP contribution in [0, 0.1) is 11.8 Å². The molecule has 1 nitrogen and oxygen atoms in total. The molecule has 2 aromatic rings. The Labute approximate surface area is 139 Å². The Morgan fingerprint density at radius 3 is 2.00 bits per heavy atom. The van der Waals surface area contributed by atoms with Crippen LogP contribution in [0.25, 0.3) is 0 Å². The van der Waals surface area contributed by atoms with Gasteiger partial charge in [-0.15, -0.1) is 0 Å². The summed E-state index contributed by atoms with van der Waals surface area (Å²) >= 11 is 5.98. The van der Waals surface area contributed by atoms with Gasteiger partial charge in [0.1, 0.15) is 0 Å². The minimum Gasteiger partial charge on any atom is -0.316 e. The van der Waals surface area contributed by atoms with E-state index in [1.54, 1.807) is 0 Å². The second-order valence-electron chi connectivity index (χ2n) is 6.44. The quantitative estimate of drug-likeness (QED) is 0.724. The lowest BCUT2D eigenvalue weighted by Gasteiger charge is -2.19. The maximum absolute atomic E-state index is 5.98. The third-order valence-electron chi connectivity index (χ3n) is 3.79. The molecule has 0 spiro atoms. The summed E-state index contributed by atoms with van der Waals surface area (Å²) in [4.78, 5) is 0. The van der Waals surface area contributed by atoms with Gasteiger partial charge in [-0.05, 0) is 61.0 Å². The highest BCUT2D eigenvalue weighted by atomic mass is 35.5. The molecule has 0 aliphatic rings. The molecule has 1 atom stereocenters. The van der Waals surface area contributed by atoms with Crippen LogP contribution in [0.5, 0.6) is 0 Å². The van der Waals surface area contributed by atoms with Gasteiger partial charge in [0.15, 0.2) is 0 Å². The van der Waals surface area contributed by atoms with Crippen LogP contribution in [0.3, 0.4) is 0 Å². The molecule has 0 aliphatic carbocycles. The Hall–Kier alpha value is -1.31. The fraction of sp³-hybridized carbons (Fsp3) is 0.400. The smallest absolute Gasteiger partial charge is 0.0406 e. The largest absolute Gasteiger partial charge is 0.316 e. The minimum atomic E-state index is 0.599. The molecule has 2 rings (SSSR count). The molecule has 0 saturated carbocycles. The molecule has 0 radical (unpaired) electrons. The van der Waals surface area contributed by atoms with Crippen molar-refractivity contribution in [1.29, 1.82) is 0 Å². The molecule has 0 heterocycles. The highest BCUT2D eigenvalue weighted by Crippen LogP contribution is 2.17. The molecule has 0 amide bonds. The summed E-state index contributed by atoms with van der Waals surface area (Å²) in [5, 5.41) is 4.42. The van der Waals surface area contributed by atoms with E-state index >= 15 is 0 Å². The highest BCUT2D eigenvalue weighted by Gasteiger charge is 2.11. The van der Waals surface area contributed by atoms with Crippen LogP contribution < -0.4 is 5.32 Å². The molecule has 0 saturated heterocycles. The lowest BCUT2D eigenvalue weighted by Crippen LogP contribution is -2.28. The van der Waals surface area contributed by atoms with E-state index in [0.717, 1.165) is 31.0 Å². The first-order valence-corrected chi connectivity index (χ1v) is 8.50. The van der Waals surface area contributed by atoms with E-state index in [9.17, 15) is 0 Å². The van der Waals surface area contributed by atoms with Gasteiger partial charge in [0, 0.05) is 5.02 Å². The van der Waals surface area contributed by atoms with Crippen molar-refractivity contribution in [2.24, 2.45) is 11.8 Å². The average Bonchev–Trinajstić information content (AvgIpc) is 2.50. The minimum absolute atomic E-state index is 0.599. The Bertz CT molecular complexity index is 533. The standard InChI is InChI=1S/C20H26ClN/c1-16(2)14-22-15-19(12-17-6-4-3-5-7-17)13-18-8-10-20(21)11-9-18/h3-11,16,19,22H,12-15H2,1-2H3. The monoisotopic (exact) mass is 315 g/mol. The lowest BCUT2D eigenvalue weighted by atomic mass is 9.92. The number of rotatable bonds is 8. The van der Waals surface area contributed by atoms with Crippen molar-refractivity contribution in [3.05, 3.63) is 70.7 Å². The van der Waals surface area contributed by atoms with Crippen molar-refractivity contribution in [3.8, 4) is 0 Å². The first kappa shape index (κ1) is 17.1. The fourth-order valence-corrected chi connectivity index (χ4v) is 2.82. The Balaban J connectivity index is 1.98. The van der Waals surface area contributed by atoms with Crippen molar-refractivity contribution >= 4 is 11.6 Å². The predicted octanol–water partition coefficient (Wildman–Crippen LogP) is 4.99. The maximum Gasteiger partial charge on any atom is 0.0406 e. The number of nitrogens with one attached hydrogen (secondary N) is 1. The average molecular weight is 316 g/mol. The molecule has 0 bridgehead atoms. The van der Waals surface area contributed by atoms with Crippen LogP contribution >= 0.6 is 11.6 Å². The maximum atomic E-state index is 5.98. The van der Waals surface area contributed by atoms with Gasteiger partial charge in [-0.3, -0.25) is 0 Å². The van der Waals surface area contributed by atoms with Crippen LogP contribution in [0.15, 0.2) is 54.6 Å². The SMILES string of the molecule is CC(C)CNCC(Cc1ccccc1)Cc1ccc(Cl)cc1. The summed E-state index contributed by atoms with van der Waals surface area (Å²) in [6.07, 6.45) is 2.19. The molecule has 2 heteroatoms. The normalized spacial score (nSPS) is 12.5. The Morgan fingerprint density at radius 1 is 0.818 bits per heavy atom. The summed E-state index contributed by atoms with van der Waals surface area (Å²) < 4.78 is 0. The molecule has 0 aromatic heterocycles. The zero-order valence-electron chi connectivity index (χ0n) is 13.6. The first-order chi connectivity index (χ1) is 10.6. The van der Waals surface area contributed by atoms with E-state index in [4.69, 9.17) is 11.6 Å². The summed E-state index contributed by atoms with van der Waals surface area (Å²) in [5.41, 5.74) is 2.77. The number of halogens is 1. The van der Waals surface area contributed by atoms with E-state index in [-0.39, 0.29) is 0 Å². The third kappa shape index (κ3) is 6.21. The van der Waals surface area contributed by atoms with Crippen molar-refractivity contribution in [1.82, 2.24) is 5.32 Å². The van der Waals surface area contributed by atoms with E-state index in [2.05, 4.69) is 61.6 Å². The number of benzene rings is 2. The molecule has 22 heavy (non-hydrogen) atoms. The van der Waals surface area contributed by atoms with E-state index in [0.29, 0.717) is 11.8 Å². The van der Waals surface area contributed by atoms with Crippen molar-refractivity contribution in [2.75, 3.05) is 13.1 Å². The van der Waals surface area contributed by atoms with Gasteiger partial charge >= 0.3 is 0 Å². The Morgan fingerprint density at radius 2 is 1.41 bits per heavy atom. The van der Waals surface area contributed by atoms with Gasteiger partial charge in [0.2, 0.25) is 0 Å². The summed E-state index contributed by atoms with van der Waals surface area (Å²) in [6.45, 7) is 6.62. The van der Waals surface area contributed by atoms with Gasteiger partial charge < -0.3 is 5.32 Å². The molecule has 0 aliphatic heterocycles. The number of hydrogen-bond acceptors (Lipinski definition) is 1. The van der Waals surface area contributed by atoms with Gasteiger partial charge in [0.25, 0.3) is 0 Å². The predicted molar refractivity (Wildman–Crippen MR) is 96.5 cm³/mol. The first-order valence-electron chi connectivity index (χ1n) is 8.12. The fourth-order valence-electron chi connectivity index (χ4n) is 2.69. The third-order valence-corrected chi connectivity index (χ3v) is 4.04. The molecule has 1 N–H and O–H groups in total. The number of hydrogen-bond donors (Lipinski definition) is 1. The molecule has 0 fully saturated rings. The second-order valence-corrected chi connectivity index (χ2v) is 6.87. The van der Waals surface area contributed by atoms with Crippen molar-refractivity contribution in [3.63, 3.8) is 0 Å². The van der Waals surface area contributed by atoms with E-state index in [1.165, 1.54) is 11.1 Å². The summed E-state index contributed by atoms with van der Waals surface area (Å²) in [6, 6.07) is 19.0. The molecular weight excluding hydrogens is 290 g/mol. The van der Waals surface area contributed by atoms with Gasteiger partial charge in [0.05, 0.1) is 0 Å². The second kappa shape index (κ2) is 8.97. The van der Waals surface area contributed by atoms with Crippen molar-refractivity contribution in [2.45, 2.75) is 26.7 Å². The molecular formula is C20H26ClN. The van der Waals surface area contributed by atoms with Crippen molar-refractivity contribution < 1.29 is 0 Å². The zero-order valence-corrected chi connectivity index (χ0v) is 14.3. The van der Waals surface area contributed by atoms with Gasteiger partial charge in [-0.25, -0.2) is 0 Å². The topological polar surface area (TPSA) is 12.0 Å². The van der Waals surface area contributed by atoms with Crippen LogP contribution in [0.1, 0.15) is 25.0 Å². The van der Waals surface area contributed by atoms with Crippen LogP contribution in [-0.4, -0.2) is 13.1 Å². The highest BCUT2D eigenvalue weighted by molar-refractivity contribution is 6.30. The van der Waals surface area contributed by atoms with Gasteiger partial charge in [-0.1, -0.05) is 67.9 Å². The Kier molecular flexibility index (Phi) is 6.95. The molecule has 118 valence electrons. The summed E-state index contributed by atoms with van der Waals surface area (Å²) in [7, 11) is 0. The van der Waals surface area contributed by atoms with Crippen LogP contribution in [-0.2, 0) is 12.8 Å².